The molecule has 0 spiro atoms. The molecule has 1 aliphatic rings. The van der Waals surface area contributed by atoms with Crippen molar-refractivity contribution in [1.29, 1.82) is 0 Å². The number of rotatable bonds is 7. The lowest BCUT2D eigenvalue weighted by Crippen LogP contribution is -2.22. The Morgan fingerprint density at radius 2 is 2.05 bits per heavy atom. The largest absolute Gasteiger partial charge is 0.454 e. The SMILES string of the molecule is CC(C)CCCNCC(O)c1ccc2c(c1)OCO2. The van der Waals surface area contributed by atoms with Crippen LogP contribution in [0.1, 0.15) is 38.4 Å². The van der Waals surface area contributed by atoms with E-state index in [9.17, 15) is 5.11 Å². The number of aliphatic hydroxyl groups is 1. The molecule has 0 aliphatic carbocycles. The van der Waals surface area contributed by atoms with Crippen LogP contribution in [-0.4, -0.2) is 25.0 Å². The molecule has 1 atom stereocenters. The topological polar surface area (TPSA) is 50.7 Å². The minimum Gasteiger partial charge on any atom is -0.454 e. The fourth-order valence-electron chi connectivity index (χ4n) is 2.11. The predicted molar refractivity (Wildman–Crippen MR) is 74.5 cm³/mol. The molecule has 1 aromatic rings. The number of aliphatic hydroxyl groups excluding tert-OH is 1. The molecule has 1 aromatic carbocycles. The van der Waals surface area contributed by atoms with Crippen LogP contribution in [0.25, 0.3) is 0 Å². The predicted octanol–water partition coefficient (Wildman–Crippen LogP) is 2.47. The van der Waals surface area contributed by atoms with E-state index in [1.54, 1.807) is 0 Å². The highest BCUT2D eigenvalue weighted by molar-refractivity contribution is 5.45. The molecule has 0 bridgehead atoms. The Labute approximate surface area is 114 Å². The molecule has 0 radical (unpaired) electrons. The lowest BCUT2D eigenvalue weighted by Gasteiger charge is -2.13. The normalized spacial score (nSPS) is 14.9. The summed E-state index contributed by atoms with van der Waals surface area (Å²) < 4.78 is 10.6. The van der Waals surface area contributed by atoms with Gasteiger partial charge >= 0.3 is 0 Å². The van der Waals surface area contributed by atoms with Gasteiger partial charge in [0.15, 0.2) is 11.5 Å². The van der Waals surface area contributed by atoms with E-state index in [1.807, 2.05) is 18.2 Å². The van der Waals surface area contributed by atoms with Gasteiger partial charge in [0.05, 0.1) is 6.10 Å². The summed E-state index contributed by atoms with van der Waals surface area (Å²) in [6, 6.07) is 5.58. The summed E-state index contributed by atoms with van der Waals surface area (Å²) in [6.07, 6.45) is 1.85. The standard InChI is InChI=1S/C15H23NO3/c1-11(2)4-3-7-16-9-13(17)12-5-6-14-15(8-12)19-10-18-14/h5-6,8,11,13,16-17H,3-4,7,9-10H2,1-2H3. The summed E-state index contributed by atoms with van der Waals surface area (Å²) in [4.78, 5) is 0. The van der Waals surface area contributed by atoms with Crippen LogP contribution in [0.3, 0.4) is 0 Å². The zero-order chi connectivity index (χ0) is 13.7. The Bertz CT molecular complexity index is 406. The molecule has 1 heterocycles. The Morgan fingerprint density at radius 3 is 2.84 bits per heavy atom. The Kier molecular flexibility index (Phi) is 5.05. The van der Waals surface area contributed by atoms with Gasteiger partial charge < -0.3 is 19.9 Å². The third-order valence-electron chi connectivity index (χ3n) is 3.25. The highest BCUT2D eigenvalue weighted by atomic mass is 16.7. The van der Waals surface area contributed by atoms with E-state index < -0.39 is 6.10 Å². The third kappa shape index (κ3) is 4.11. The molecule has 4 heteroatoms. The van der Waals surface area contributed by atoms with Crippen LogP contribution >= 0.6 is 0 Å². The number of nitrogens with one attached hydrogen (secondary N) is 1. The first-order valence-corrected chi connectivity index (χ1v) is 6.95. The second kappa shape index (κ2) is 6.78. The van der Waals surface area contributed by atoms with Gasteiger partial charge in [0, 0.05) is 6.54 Å². The minimum absolute atomic E-state index is 0.266. The maximum Gasteiger partial charge on any atom is 0.231 e. The van der Waals surface area contributed by atoms with Gasteiger partial charge in [-0.3, -0.25) is 0 Å². The number of hydrogen-bond donors (Lipinski definition) is 2. The summed E-state index contributed by atoms with van der Waals surface area (Å²) in [7, 11) is 0. The van der Waals surface area contributed by atoms with Crippen molar-refractivity contribution in [1.82, 2.24) is 5.32 Å². The smallest absolute Gasteiger partial charge is 0.231 e. The van der Waals surface area contributed by atoms with Crippen LogP contribution in [0, 0.1) is 5.92 Å². The molecular weight excluding hydrogens is 242 g/mol. The maximum absolute atomic E-state index is 10.1. The fraction of sp³-hybridized carbons (Fsp3) is 0.600. The van der Waals surface area contributed by atoms with E-state index in [1.165, 1.54) is 6.42 Å². The summed E-state index contributed by atoms with van der Waals surface area (Å²) in [5.41, 5.74) is 0.862. The molecule has 1 aliphatic heterocycles. The van der Waals surface area contributed by atoms with Crippen LogP contribution in [-0.2, 0) is 0 Å². The second-order valence-electron chi connectivity index (χ2n) is 5.37. The van der Waals surface area contributed by atoms with Gasteiger partial charge in [-0.1, -0.05) is 19.9 Å². The lowest BCUT2D eigenvalue weighted by molar-refractivity contribution is 0.170. The maximum atomic E-state index is 10.1. The first kappa shape index (κ1) is 14.2. The number of fused-ring (bicyclic) bond motifs is 1. The van der Waals surface area contributed by atoms with Crippen molar-refractivity contribution < 1.29 is 14.6 Å². The van der Waals surface area contributed by atoms with Gasteiger partial charge in [0.1, 0.15) is 0 Å². The van der Waals surface area contributed by atoms with Crippen molar-refractivity contribution in [2.45, 2.75) is 32.8 Å². The van der Waals surface area contributed by atoms with Gasteiger partial charge in [-0.15, -0.1) is 0 Å². The zero-order valence-corrected chi connectivity index (χ0v) is 11.7. The second-order valence-corrected chi connectivity index (χ2v) is 5.37. The third-order valence-corrected chi connectivity index (χ3v) is 3.25. The molecule has 19 heavy (non-hydrogen) atoms. The van der Waals surface area contributed by atoms with Crippen LogP contribution in [0.2, 0.25) is 0 Å². The van der Waals surface area contributed by atoms with Crippen molar-refractivity contribution >= 4 is 0 Å². The number of ether oxygens (including phenoxy) is 2. The van der Waals surface area contributed by atoms with Gasteiger partial charge in [-0.25, -0.2) is 0 Å². The average molecular weight is 265 g/mol. The molecule has 4 nitrogen and oxygen atoms in total. The number of benzene rings is 1. The van der Waals surface area contributed by atoms with Gasteiger partial charge in [-0.2, -0.15) is 0 Å². The van der Waals surface area contributed by atoms with Crippen LogP contribution < -0.4 is 14.8 Å². The van der Waals surface area contributed by atoms with Crippen molar-refractivity contribution in [2.75, 3.05) is 19.9 Å². The van der Waals surface area contributed by atoms with E-state index in [4.69, 9.17) is 9.47 Å². The van der Waals surface area contributed by atoms with E-state index >= 15 is 0 Å². The summed E-state index contributed by atoms with van der Waals surface area (Å²) in [6.45, 7) is 6.22. The van der Waals surface area contributed by atoms with Crippen molar-refractivity contribution in [3.8, 4) is 11.5 Å². The van der Waals surface area contributed by atoms with E-state index in [-0.39, 0.29) is 6.79 Å². The molecule has 0 saturated carbocycles. The fourth-order valence-corrected chi connectivity index (χ4v) is 2.11. The monoisotopic (exact) mass is 265 g/mol. The van der Waals surface area contributed by atoms with E-state index in [0.717, 1.165) is 35.9 Å². The molecule has 0 saturated heterocycles. The minimum atomic E-state index is -0.506. The molecule has 0 amide bonds. The van der Waals surface area contributed by atoms with Crippen LogP contribution in [0.15, 0.2) is 18.2 Å². The Morgan fingerprint density at radius 1 is 1.26 bits per heavy atom. The Balaban J connectivity index is 1.75. The van der Waals surface area contributed by atoms with Crippen molar-refractivity contribution in [3.05, 3.63) is 23.8 Å². The highest BCUT2D eigenvalue weighted by Crippen LogP contribution is 2.33. The summed E-state index contributed by atoms with van der Waals surface area (Å²) in [5.74, 6) is 2.21. The van der Waals surface area contributed by atoms with Crippen LogP contribution in [0.4, 0.5) is 0 Å². The van der Waals surface area contributed by atoms with Gasteiger partial charge in [0.25, 0.3) is 0 Å². The average Bonchev–Trinajstić information content (AvgIpc) is 2.84. The van der Waals surface area contributed by atoms with Crippen molar-refractivity contribution in [2.24, 2.45) is 5.92 Å². The number of hydrogen-bond acceptors (Lipinski definition) is 4. The quantitative estimate of drug-likeness (QED) is 0.744. The molecule has 0 aromatic heterocycles. The first-order chi connectivity index (χ1) is 9.16. The van der Waals surface area contributed by atoms with E-state index in [0.29, 0.717) is 6.54 Å². The summed E-state index contributed by atoms with van der Waals surface area (Å²) in [5, 5.41) is 13.4. The van der Waals surface area contributed by atoms with Crippen LogP contribution in [0.5, 0.6) is 11.5 Å². The molecule has 106 valence electrons. The molecule has 2 N–H and O–H groups in total. The lowest BCUT2D eigenvalue weighted by atomic mass is 10.1. The van der Waals surface area contributed by atoms with Gasteiger partial charge in [0.2, 0.25) is 6.79 Å². The molecule has 1 unspecified atom stereocenters. The van der Waals surface area contributed by atoms with E-state index in [2.05, 4.69) is 19.2 Å². The summed E-state index contributed by atoms with van der Waals surface area (Å²) >= 11 is 0. The first-order valence-electron chi connectivity index (χ1n) is 6.95. The van der Waals surface area contributed by atoms with Gasteiger partial charge in [-0.05, 0) is 43.0 Å². The highest BCUT2D eigenvalue weighted by Gasteiger charge is 2.16. The Hall–Kier alpha value is -1.26. The molecule has 2 rings (SSSR count). The molecule has 0 fully saturated rings. The zero-order valence-electron chi connectivity index (χ0n) is 11.7. The molecular formula is C15H23NO3. The van der Waals surface area contributed by atoms with Crippen molar-refractivity contribution in [3.63, 3.8) is 0 Å².